The standard InChI is InChI=1S/C86H77N3O3/c1-81-43-16-19-46-84(81,90-4)72-49-54(31-40-75(72)87(81)57-23-10-7-11-24-57)60-34-37-65-69-53-71-67-39-36-62(56-33-42-77-74(51-56)86(92-6)48-21-18-45-83(86,3)89(77)59-27-14-9-15-28-59)79-61(35-38-66(80(67)79)70(71)52-68(69)64-30-22-29-63(60)78(64)65)55-32-41-76-73(50-55)85(91-5)47-20-17-44-82(85,2)88(76)58-25-12-8-13-26-58/h7-15,22-42,49-53H,16-21,43-48H2,1-6H3. The van der Waals surface area contributed by atoms with E-state index in [-0.39, 0.29) is 16.6 Å². The van der Waals surface area contributed by atoms with Crippen LogP contribution in [0.1, 0.15) is 115 Å². The van der Waals surface area contributed by atoms with Crippen molar-refractivity contribution in [2.24, 2.45) is 0 Å². The Bertz CT molecular complexity index is 4970. The molecule has 92 heavy (non-hydrogen) atoms. The van der Waals surface area contributed by atoms with Crippen molar-refractivity contribution in [1.29, 1.82) is 0 Å². The molecule has 3 fully saturated rings. The van der Waals surface area contributed by atoms with Crippen LogP contribution in [0.25, 0.3) is 98.0 Å². The Labute approximate surface area is 539 Å². The molecule has 6 nitrogen and oxygen atoms in total. The van der Waals surface area contributed by atoms with Gasteiger partial charge >= 0.3 is 0 Å². The average Bonchev–Trinajstić information content (AvgIpc) is 1.55. The van der Waals surface area contributed by atoms with Crippen LogP contribution in [0.2, 0.25) is 0 Å². The summed E-state index contributed by atoms with van der Waals surface area (Å²) in [6.45, 7) is 7.35. The van der Waals surface area contributed by atoms with Crippen molar-refractivity contribution >= 4 is 98.8 Å². The van der Waals surface area contributed by atoms with Gasteiger partial charge in [0.1, 0.15) is 16.8 Å². The molecule has 0 spiro atoms. The second kappa shape index (κ2) is 19.4. The lowest BCUT2D eigenvalue weighted by Gasteiger charge is -2.50. The van der Waals surface area contributed by atoms with E-state index in [4.69, 9.17) is 14.2 Å². The van der Waals surface area contributed by atoms with Crippen LogP contribution >= 0.6 is 0 Å². The molecule has 454 valence electrons. The highest BCUT2D eigenvalue weighted by atomic mass is 16.5. The normalized spacial score (nSPS) is 25.7. The first-order valence-corrected chi connectivity index (χ1v) is 34.0. The Balaban J connectivity index is 0.821. The molecule has 6 atom stereocenters. The van der Waals surface area contributed by atoms with E-state index in [9.17, 15) is 0 Å². The van der Waals surface area contributed by atoms with E-state index >= 15 is 0 Å². The van der Waals surface area contributed by atoms with Crippen molar-refractivity contribution < 1.29 is 14.2 Å². The molecule has 3 aliphatic carbocycles. The summed E-state index contributed by atoms with van der Waals surface area (Å²) in [4.78, 5) is 7.83. The average molecular weight is 1200 g/mol. The lowest BCUT2D eigenvalue weighted by molar-refractivity contribution is -0.0872. The van der Waals surface area contributed by atoms with Gasteiger partial charge in [-0.1, -0.05) is 166 Å². The van der Waals surface area contributed by atoms with Gasteiger partial charge in [0, 0.05) is 72.1 Å². The Kier molecular flexibility index (Phi) is 11.6. The van der Waals surface area contributed by atoms with E-state index < -0.39 is 16.8 Å². The molecule has 0 amide bonds. The third kappa shape index (κ3) is 6.75. The van der Waals surface area contributed by atoms with E-state index in [1.807, 2.05) is 21.3 Å². The van der Waals surface area contributed by atoms with Crippen LogP contribution in [0.5, 0.6) is 0 Å². The number of ether oxygens (including phenoxy) is 3. The maximum Gasteiger partial charge on any atom is 0.118 e. The van der Waals surface area contributed by atoms with Gasteiger partial charge in [0.15, 0.2) is 0 Å². The molecule has 13 aromatic carbocycles. The number of hydrogen-bond donors (Lipinski definition) is 0. The third-order valence-corrected chi connectivity index (χ3v) is 25.0. The summed E-state index contributed by atoms with van der Waals surface area (Å²) in [5.41, 5.74) is 16.6. The number of para-hydroxylation sites is 3. The lowest BCUT2D eigenvalue weighted by Crippen LogP contribution is -2.57. The van der Waals surface area contributed by atoms with Crippen LogP contribution in [0, 0.1) is 0 Å². The minimum Gasteiger partial charge on any atom is -0.371 e. The van der Waals surface area contributed by atoms with Gasteiger partial charge in [-0.15, -0.1) is 0 Å². The molecular weight excluding hydrogens is 1120 g/mol. The summed E-state index contributed by atoms with van der Waals surface area (Å²) in [5.74, 6) is 0. The zero-order valence-corrected chi connectivity index (χ0v) is 53.8. The number of rotatable bonds is 9. The molecule has 0 bridgehead atoms. The van der Waals surface area contributed by atoms with Gasteiger partial charge < -0.3 is 28.9 Å². The molecule has 13 aromatic rings. The van der Waals surface area contributed by atoms with Crippen LogP contribution in [0.3, 0.4) is 0 Å². The highest BCUT2D eigenvalue weighted by molar-refractivity contribution is 6.39. The first-order chi connectivity index (χ1) is 45.0. The summed E-state index contributed by atoms with van der Waals surface area (Å²) < 4.78 is 20.9. The summed E-state index contributed by atoms with van der Waals surface area (Å²) in [7, 11) is 5.87. The monoisotopic (exact) mass is 1200 g/mol. The number of fused-ring (bicyclic) bond motifs is 15. The first-order valence-electron chi connectivity index (χ1n) is 34.0. The van der Waals surface area contributed by atoms with E-state index in [1.54, 1.807) is 0 Å². The first kappa shape index (κ1) is 54.9. The maximum atomic E-state index is 7.01. The Hall–Kier alpha value is -8.78. The molecule has 0 saturated heterocycles. The molecule has 19 rings (SSSR count). The number of methoxy groups -OCH3 is 3. The molecular formula is C86H77N3O3. The molecule has 0 radical (unpaired) electrons. The summed E-state index contributed by atoms with van der Waals surface area (Å²) in [6.07, 6.45) is 13.0. The molecule has 3 heterocycles. The zero-order valence-electron chi connectivity index (χ0n) is 53.8. The Morgan fingerprint density at radius 1 is 0.272 bits per heavy atom. The van der Waals surface area contributed by atoms with Gasteiger partial charge in [-0.2, -0.15) is 0 Å². The van der Waals surface area contributed by atoms with Crippen molar-refractivity contribution in [3.05, 3.63) is 229 Å². The quantitative estimate of drug-likeness (QED) is 0.143. The minimum atomic E-state index is -0.484. The highest BCUT2D eigenvalue weighted by Crippen LogP contribution is 2.66. The molecule has 0 aromatic heterocycles. The van der Waals surface area contributed by atoms with Crippen molar-refractivity contribution in [2.45, 2.75) is 131 Å². The van der Waals surface area contributed by atoms with Crippen LogP contribution in [-0.2, 0) is 31.0 Å². The maximum absolute atomic E-state index is 7.01. The van der Waals surface area contributed by atoms with E-state index in [1.165, 1.54) is 168 Å². The van der Waals surface area contributed by atoms with Crippen molar-refractivity contribution in [2.75, 3.05) is 36.0 Å². The second-order valence-electron chi connectivity index (χ2n) is 28.6. The molecule has 3 aliphatic heterocycles. The summed E-state index contributed by atoms with van der Waals surface area (Å²) in [5, 5.41) is 15.6. The van der Waals surface area contributed by atoms with Crippen LogP contribution in [0.15, 0.2) is 212 Å². The predicted octanol–water partition coefficient (Wildman–Crippen LogP) is 22.5. The Morgan fingerprint density at radius 2 is 0.598 bits per heavy atom. The van der Waals surface area contributed by atoms with Gasteiger partial charge in [-0.25, -0.2) is 0 Å². The van der Waals surface area contributed by atoms with Crippen molar-refractivity contribution in [3.8, 4) is 33.4 Å². The largest absolute Gasteiger partial charge is 0.371 e. The summed E-state index contributed by atoms with van der Waals surface area (Å²) >= 11 is 0. The second-order valence-corrected chi connectivity index (χ2v) is 28.6. The molecule has 6 unspecified atom stereocenters. The molecule has 6 aliphatic rings. The molecule has 6 heteroatoms. The fourth-order valence-corrected chi connectivity index (χ4v) is 20.9. The minimum absolute atomic E-state index is 0.214. The van der Waals surface area contributed by atoms with Crippen molar-refractivity contribution in [1.82, 2.24) is 0 Å². The van der Waals surface area contributed by atoms with E-state index in [0.717, 1.165) is 57.8 Å². The van der Waals surface area contributed by atoms with E-state index in [2.05, 4.69) is 248 Å². The highest BCUT2D eigenvalue weighted by Gasteiger charge is 2.64. The SMILES string of the molecule is COC12CCCCC1(C)N(c1ccccc1)c1ccc(-c3ccc4c5cc6c(cc5c5cccc3c54)c3ccc(-c4ccc5c(c4)C4(OC)CCCCC4(C)N5c4ccccc4)c4c(-c5ccc7c(c5)C5(OC)CCCCC5(C)N7c5ccccc5)ccc6c43)cc12. The number of anilines is 6. The number of nitrogens with zero attached hydrogens (tertiary/aromatic N) is 3. The lowest BCUT2D eigenvalue weighted by atomic mass is 9.68. The molecule has 0 N–H and O–H groups in total. The van der Waals surface area contributed by atoms with Crippen LogP contribution in [0.4, 0.5) is 34.1 Å². The zero-order chi connectivity index (χ0) is 61.7. The van der Waals surface area contributed by atoms with Crippen LogP contribution in [-0.4, -0.2) is 37.9 Å². The van der Waals surface area contributed by atoms with Crippen LogP contribution < -0.4 is 14.7 Å². The van der Waals surface area contributed by atoms with Crippen molar-refractivity contribution in [3.63, 3.8) is 0 Å². The van der Waals surface area contributed by atoms with Gasteiger partial charge in [0.05, 0.1) is 16.6 Å². The predicted molar refractivity (Wildman–Crippen MR) is 383 cm³/mol. The third-order valence-electron chi connectivity index (χ3n) is 25.0. The van der Waals surface area contributed by atoms with Gasteiger partial charge in [0.2, 0.25) is 0 Å². The fraction of sp³-hybridized carbons (Fsp3) is 0.279. The fourth-order valence-electron chi connectivity index (χ4n) is 20.9. The van der Waals surface area contributed by atoms with Gasteiger partial charge in [0.25, 0.3) is 0 Å². The topological polar surface area (TPSA) is 37.4 Å². The van der Waals surface area contributed by atoms with Gasteiger partial charge in [-0.05, 0) is 242 Å². The van der Waals surface area contributed by atoms with E-state index in [0.29, 0.717) is 0 Å². The number of benzene rings is 11. The summed E-state index contributed by atoms with van der Waals surface area (Å²) in [6, 6.07) is 81.8. The Morgan fingerprint density at radius 3 is 0.978 bits per heavy atom. The van der Waals surface area contributed by atoms with Gasteiger partial charge in [-0.3, -0.25) is 0 Å². The smallest absolute Gasteiger partial charge is 0.118 e. The molecule has 3 saturated carbocycles. The number of hydrogen-bond acceptors (Lipinski definition) is 6.